The smallest absolute Gasteiger partial charge is 0.198 e. The fourth-order valence-electron chi connectivity index (χ4n) is 2.47. The van der Waals surface area contributed by atoms with Crippen LogP contribution in [0.3, 0.4) is 0 Å². The van der Waals surface area contributed by atoms with Gasteiger partial charge in [0.05, 0.1) is 25.2 Å². The van der Waals surface area contributed by atoms with E-state index in [1.54, 1.807) is 0 Å². The number of fused-ring (bicyclic) bond motifs is 1. The molecule has 0 aliphatic heterocycles. The number of aromatic nitrogens is 1. The van der Waals surface area contributed by atoms with Gasteiger partial charge in [0, 0.05) is 11.1 Å². The van der Waals surface area contributed by atoms with Gasteiger partial charge in [-0.15, -0.1) is 0 Å². The van der Waals surface area contributed by atoms with Crippen molar-refractivity contribution in [2.75, 3.05) is 14.1 Å². The van der Waals surface area contributed by atoms with Crippen molar-refractivity contribution in [3.8, 4) is 0 Å². The molecule has 2 rings (SSSR count). The second kappa shape index (κ2) is 4.58. The lowest BCUT2D eigenvalue weighted by Crippen LogP contribution is -3.04. The van der Waals surface area contributed by atoms with E-state index in [9.17, 15) is 4.79 Å². The van der Waals surface area contributed by atoms with Crippen molar-refractivity contribution in [1.29, 1.82) is 0 Å². The number of benzene rings is 1. The lowest BCUT2D eigenvalue weighted by atomic mass is 10.0. The van der Waals surface area contributed by atoms with Crippen molar-refractivity contribution >= 4 is 10.9 Å². The summed E-state index contributed by atoms with van der Waals surface area (Å²) in [6, 6.07) is 4.09. The van der Waals surface area contributed by atoms with E-state index >= 15 is 0 Å². The van der Waals surface area contributed by atoms with Gasteiger partial charge >= 0.3 is 0 Å². The van der Waals surface area contributed by atoms with Crippen molar-refractivity contribution < 1.29 is 4.90 Å². The van der Waals surface area contributed by atoms with Crippen LogP contribution in [0.15, 0.2) is 16.9 Å². The molecular formula is C15H21N2O+. The molecule has 0 bridgehead atoms. The van der Waals surface area contributed by atoms with Crippen molar-refractivity contribution in [3.63, 3.8) is 0 Å². The minimum atomic E-state index is 0.175. The first kappa shape index (κ1) is 12.8. The van der Waals surface area contributed by atoms with Crippen molar-refractivity contribution in [1.82, 2.24) is 4.98 Å². The van der Waals surface area contributed by atoms with E-state index in [4.69, 9.17) is 0 Å². The van der Waals surface area contributed by atoms with Crippen molar-refractivity contribution in [2.45, 2.75) is 27.3 Å². The van der Waals surface area contributed by atoms with Gasteiger partial charge in [-0.25, -0.2) is 0 Å². The summed E-state index contributed by atoms with van der Waals surface area (Å²) in [6.45, 7) is 6.81. The van der Waals surface area contributed by atoms with E-state index in [-0.39, 0.29) is 5.43 Å². The van der Waals surface area contributed by atoms with Gasteiger partial charge in [-0.1, -0.05) is 6.07 Å². The lowest BCUT2D eigenvalue weighted by Gasteiger charge is -2.12. The van der Waals surface area contributed by atoms with Gasteiger partial charge in [-0.3, -0.25) is 4.79 Å². The third-order valence-corrected chi connectivity index (χ3v) is 3.29. The van der Waals surface area contributed by atoms with E-state index in [2.05, 4.69) is 25.1 Å². The second-order valence-corrected chi connectivity index (χ2v) is 5.45. The van der Waals surface area contributed by atoms with Crippen LogP contribution in [0, 0.1) is 20.8 Å². The molecule has 1 aromatic heterocycles. The lowest BCUT2D eigenvalue weighted by molar-refractivity contribution is -0.872. The zero-order valence-corrected chi connectivity index (χ0v) is 11.8. The maximum atomic E-state index is 12.6. The number of quaternary nitrogens is 1. The topological polar surface area (TPSA) is 37.3 Å². The highest BCUT2D eigenvalue weighted by Crippen LogP contribution is 2.17. The van der Waals surface area contributed by atoms with Crippen LogP contribution in [-0.4, -0.2) is 19.1 Å². The Bertz CT molecular complexity index is 654. The maximum Gasteiger partial charge on any atom is 0.198 e. The predicted octanol–water partition coefficient (Wildman–Crippen LogP) is 1.10. The minimum absolute atomic E-state index is 0.175. The number of aromatic amines is 1. The Balaban J connectivity index is 2.81. The summed E-state index contributed by atoms with van der Waals surface area (Å²) in [6.07, 6.45) is 0. The molecule has 1 heterocycles. The summed E-state index contributed by atoms with van der Waals surface area (Å²) in [4.78, 5) is 17.2. The van der Waals surface area contributed by atoms with Crippen LogP contribution in [0.5, 0.6) is 0 Å². The monoisotopic (exact) mass is 245 g/mol. The molecule has 3 nitrogen and oxygen atoms in total. The molecular weight excluding hydrogens is 224 g/mol. The normalized spacial score (nSPS) is 11.4. The first-order chi connectivity index (χ1) is 8.40. The van der Waals surface area contributed by atoms with Gasteiger partial charge in [0.25, 0.3) is 0 Å². The molecule has 2 aromatic rings. The molecule has 0 saturated carbocycles. The molecule has 0 unspecified atom stereocenters. The Hall–Kier alpha value is -1.61. The third-order valence-electron chi connectivity index (χ3n) is 3.29. The average Bonchev–Trinajstić information content (AvgIpc) is 2.26. The molecule has 0 atom stereocenters. The Morgan fingerprint density at radius 2 is 1.83 bits per heavy atom. The number of aryl methyl sites for hydroxylation is 3. The summed E-state index contributed by atoms with van der Waals surface area (Å²) in [7, 11) is 4.12. The maximum absolute atomic E-state index is 12.6. The highest BCUT2D eigenvalue weighted by atomic mass is 16.1. The van der Waals surface area contributed by atoms with Crippen LogP contribution in [-0.2, 0) is 6.54 Å². The molecule has 0 fully saturated rings. The number of hydrogen-bond donors (Lipinski definition) is 2. The van der Waals surface area contributed by atoms with Crippen LogP contribution >= 0.6 is 0 Å². The molecule has 3 heteroatoms. The predicted molar refractivity (Wildman–Crippen MR) is 75.3 cm³/mol. The van der Waals surface area contributed by atoms with E-state index < -0.39 is 0 Å². The number of rotatable bonds is 2. The highest BCUT2D eigenvalue weighted by Gasteiger charge is 2.13. The van der Waals surface area contributed by atoms with E-state index in [0.717, 1.165) is 39.8 Å². The Labute approximate surface area is 107 Å². The van der Waals surface area contributed by atoms with E-state index in [0.29, 0.717) is 0 Å². The minimum Gasteiger partial charge on any atom is -0.358 e. The molecule has 96 valence electrons. The van der Waals surface area contributed by atoms with Gasteiger partial charge < -0.3 is 9.88 Å². The summed E-state index contributed by atoms with van der Waals surface area (Å²) in [5.41, 5.74) is 5.30. The fourth-order valence-corrected chi connectivity index (χ4v) is 2.47. The number of nitrogens with one attached hydrogen (secondary N) is 2. The van der Waals surface area contributed by atoms with Crippen LogP contribution in [0.2, 0.25) is 0 Å². The van der Waals surface area contributed by atoms with Crippen molar-refractivity contribution in [2.24, 2.45) is 0 Å². The van der Waals surface area contributed by atoms with Gasteiger partial charge in [0.2, 0.25) is 0 Å². The van der Waals surface area contributed by atoms with Crippen LogP contribution in [0.25, 0.3) is 10.9 Å². The Morgan fingerprint density at radius 3 is 2.44 bits per heavy atom. The molecule has 0 spiro atoms. The third kappa shape index (κ3) is 2.18. The van der Waals surface area contributed by atoms with Gasteiger partial charge in [0.15, 0.2) is 5.43 Å². The first-order valence-corrected chi connectivity index (χ1v) is 6.32. The summed E-state index contributed by atoms with van der Waals surface area (Å²) >= 11 is 0. The van der Waals surface area contributed by atoms with Gasteiger partial charge in [0.1, 0.15) is 6.54 Å². The summed E-state index contributed by atoms with van der Waals surface area (Å²) in [5.74, 6) is 0. The van der Waals surface area contributed by atoms with Crippen LogP contribution in [0.1, 0.15) is 22.4 Å². The van der Waals surface area contributed by atoms with Gasteiger partial charge in [-0.05, 0) is 38.0 Å². The zero-order chi connectivity index (χ0) is 13.4. The number of H-pyrrole nitrogens is 1. The molecule has 0 radical (unpaired) electrons. The SMILES string of the molecule is Cc1cc(C)c2[nH]c(C)c(C[NH+](C)C)c(=O)c2c1. The van der Waals surface area contributed by atoms with E-state index in [1.807, 2.05) is 26.8 Å². The molecule has 2 N–H and O–H groups in total. The number of hydrogen-bond acceptors (Lipinski definition) is 1. The average molecular weight is 245 g/mol. The molecule has 0 saturated heterocycles. The fraction of sp³-hybridized carbons (Fsp3) is 0.400. The van der Waals surface area contributed by atoms with E-state index in [1.165, 1.54) is 4.90 Å². The summed E-state index contributed by atoms with van der Waals surface area (Å²) in [5, 5.41) is 0.814. The summed E-state index contributed by atoms with van der Waals surface area (Å²) < 4.78 is 0. The molecule has 0 aliphatic rings. The van der Waals surface area contributed by atoms with Crippen molar-refractivity contribution in [3.05, 3.63) is 44.7 Å². The molecule has 18 heavy (non-hydrogen) atoms. The zero-order valence-electron chi connectivity index (χ0n) is 11.8. The Morgan fingerprint density at radius 1 is 1.17 bits per heavy atom. The standard InChI is InChI=1S/C15H20N2O/c1-9-6-10(2)14-12(7-9)15(18)13(8-17(4)5)11(3)16-14/h6-7H,8H2,1-5H3,(H,16,18)/p+1. The van der Waals surface area contributed by atoms with Crippen LogP contribution < -0.4 is 10.3 Å². The first-order valence-electron chi connectivity index (χ1n) is 6.32. The van der Waals surface area contributed by atoms with Crippen LogP contribution in [0.4, 0.5) is 0 Å². The molecule has 1 aromatic carbocycles. The number of pyridine rings is 1. The molecule has 0 amide bonds. The Kier molecular flexibility index (Phi) is 3.26. The second-order valence-electron chi connectivity index (χ2n) is 5.45. The highest BCUT2D eigenvalue weighted by molar-refractivity contribution is 5.83. The van der Waals surface area contributed by atoms with Gasteiger partial charge in [-0.2, -0.15) is 0 Å². The molecule has 0 aliphatic carbocycles. The quantitative estimate of drug-likeness (QED) is 0.817. The largest absolute Gasteiger partial charge is 0.358 e.